The molecule has 4 nitrogen and oxygen atoms in total. The fourth-order valence-electron chi connectivity index (χ4n) is 1.09. The number of nitrogens with one attached hydrogen (secondary N) is 1. The third kappa shape index (κ3) is 3.12. The van der Waals surface area contributed by atoms with Crippen LogP contribution in [-0.4, -0.2) is 27.7 Å². The van der Waals surface area contributed by atoms with E-state index in [2.05, 4.69) is 15.3 Å². The third-order valence-electron chi connectivity index (χ3n) is 1.87. The molecule has 1 atom stereocenters. The van der Waals surface area contributed by atoms with Crippen molar-refractivity contribution in [3.63, 3.8) is 0 Å². The zero-order valence-electron chi connectivity index (χ0n) is 8.29. The Morgan fingerprint density at radius 2 is 2.29 bits per heavy atom. The normalized spacial score (nSPS) is 12.6. The molecule has 0 fully saturated rings. The zero-order chi connectivity index (χ0) is 10.6. The Bertz CT molecular complexity index is 282. The summed E-state index contributed by atoms with van der Waals surface area (Å²) in [6.45, 7) is 3.84. The maximum absolute atomic E-state index is 8.99. The number of aryl methyl sites for hydroxylation is 1. The molecule has 14 heavy (non-hydrogen) atoms. The van der Waals surface area contributed by atoms with Crippen molar-refractivity contribution >= 4 is 17.4 Å². The summed E-state index contributed by atoms with van der Waals surface area (Å²) in [7, 11) is 0. The van der Waals surface area contributed by atoms with Gasteiger partial charge in [-0.3, -0.25) is 0 Å². The minimum atomic E-state index is 0.0142. The molecule has 0 saturated heterocycles. The topological polar surface area (TPSA) is 58.0 Å². The van der Waals surface area contributed by atoms with Gasteiger partial charge in [-0.2, -0.15) is 0 Å². The first-order valence-electron chi connectivity index (χ1n) is 4.54. The summed E-state index contributed by atoms with van der Waals surface area (Å²) in [6.07, 6.45) is 0.831. The van der Waals surface area contributed by atoms with Crippen molar-refractivity contribution in [2.75, 3.05) is 11.9 Å². The second-order valence-electron chi connectivity index (χ2n) is 3.06. The van der Waals surface area contributed by atoms with Crippen molar-refractivity contribution in [3.8, 4) is 0 Å². The van der Waals surface area contributed by atoms with Crippen LogP contribution in [0.25, 0.3) is 0 Å². The Kier molecular flexibility index (Phi) is 4.10. The van der Waals surface area contributed by atoms with Gasteiger partial charge in [-0.05, 0) is 13.3 Å². The van der Waals surface area contributed by atoms with E-state index in [4.69, 9.17) is 16.7 Å². The van der Waals surface area contributed by atoms with Crippen LogP contribution in [0, 0.1) is 6.92 Å². The maximum atomic E-state index is 8.99. The molecule has 0 aromatic carbocycles. The van der Waals surface area contributed by atoms with Crippen molar-refractivity contribution in [2.24, 2.45) is 0 Å². The van der Waals surface area contributed by atoms with Crippen molar-refractivity contribution in [1.29, 1.82) is 0 Å². The first kappa shape index (κ1) is 11.2. The van der Waals surface area contributed by atoms with Gasteiger partial charge < -0.3 is 10.4 Å². The van der Waals surface area contributed by atoms with E-state index in [0.29, 0.717) is 16.8 Å². The van der Waals surface area contributed by atoms with Crippen molar-refractivity contribution in [2.45, 2.75) is 26.3 Å². The van der Waals surface area contributed by atoms with Gasteiger partial charge in [0.2, 0.25) is 0 Å². The van der Waals surface area contributed by atoms with Crippen molar-refractivity contribution in [1.82, 2.24) is 9.97 Å². The highest BCUT2D eigenvalue weighted by atomic mass is 35.5. The number of aliphatic hydroxyl groups excluding tert-OH is 1. The first-order valence-corrected chi connectivity index (χ1v) is 4.92. The van der Waals surface area contributed by atoms with E-state index in [-0.39, 0.29) is 12.6 Å². The molecule has 2 N–H and O–H groups in total. The number of nitrogens with zero attached hydrogens (tertiary/aromatic N) is 2. The van der Waals surface area contributed by atoms with Gasteiger partial charge in [-0.15, -0.1) is 0 Å². The largest absolute Gasteiger partial charge is 0.394 e. The molecule has 1 heterocycles. The molecular formula is C9H14ClN3O. The van der Waals surface area contributed by atoms with Crippen molar-refractivity contribution in [3.05, 3.63) is 17.0 Å². The van der Waals surface area contributed by atoms with E-state index < -0.39 is 0 Å². The molecule has 0 bridgehead atoms. The number of hydrogen-bond donors (Lipinski definition) is 2. The number of halogens is 1. The average molecular weight is 216 g/mol. The highest BCUT2D eigenvalue weighted by molar-refractivity contribution is 6.29. The van der Waals surface area contributed by atoms with E-state index >= 15 is 0 Å². The molecular weight excluding hydrogens is 202 g/mol. The number of aliphatic hydroxyl groups is 1. The average Bonchev–Trinajstić information content (AvgIpc) is 2.12. The summed E-state index contributed by atoms with van der Waals surface area (Å²) >= 11 is 5.77. The Balaban J connectivity index is 2.75. The number of hydrogen-bond acceptors (Lipinski definition) is 4. The molecule has 0 spiro atoms. The van der Waals surface area contributed by atoms with Crippen LogP contribution in [0.15, 0.2) is 6.07 Å². The molecule has 1 unspecified atom stereocenters. The molecule has 1 aromatic heterocycles. The number of anilines is 1. The Labute approximate surface area is 88.3 Å². The SMILES string of the molecule is CCC(CO)Nc1cc(Cl)nc(C)n1. The summed E-state index contributed by atoms with van der Waals surface area (Å²) in [5.41, 5.74) is 0. The molecule has 0 saturated carbocycles. The summed E-state index contributed by atoms with van der Waals surface area (Å²) < 4.78 is 0. The van der Waals surface area contributed by atoms with Crippen LogP contribution in [0.4, 0.5) is 5.82 Å². The molecule has 0 aliphatic carbocycles. The fourth-order valence-corrected chi connectivity index (χ4v) is 1.32. The molecule has 0 amide bonds. The first-order chi connectivity index (χ1) is 6.65. The summed E-state index contributed by atoms with van der Waals surface area (Å²) in [5.74, 6) is 1.27. The van der Waals surface area contributed by atoms with Gasteiger partial charge in [0.1, 0.15) is 16.8 Å². The smallest absolute Gasteiger partial charge is 0.134 e. The Hall–Kier alpha value is -0.870. The van der Waals surface area contributed by atoms with Gasteiger partial charge >= 0.3 is 0 Å². The highest BCUT2D eigenvalue weighted by Crippen LogP contribution is 2.12. The van der Waals surface area contributed by atoms with E-state index in [9.17, 15) is 0 Å². The lowest BCUT2D eigenvalue weighted by Crippen LogP contribution is -2.23. The molecule has 1 aromatic rings. The van der Waals surface area contributed by atoms with Crippen LogP contribution >= 0.6 is 11.6 Å². The van der Waals surface area contributed by atoms with Crippen molar-refractivity contribution < 1.29 is 5.11 Å². The molecule has 0 radical (unpaired) electrons. The highest BCUT2D eigenvalue weighted by Gasteiger charge is 2.06. The van der Waals surface area contributed by atoms with E-state index in [1.807, 2.05) is 6.92 Å². The second kappa shape index (κ2) is 5.12. The zero-order valence-corrected chi connectivity index (χ0v) is 9.04. The lowest BCUT2D eigenvalue weighted by molar-refractivity contribution is 0.271. The maximum Gasteiger partial charge on any atom is 0.134 e. The molecule has 5 heteroatoms. The minimum Gasteiger partial charge on any atom is -0.394 e. The Morgan fingerprint density at radius 1 is 1.57 bits per heavy atom. The van der Waals surface area contributed by atoms with Crippen LogP contribution < -0.4 is 5.32 Å². The number of rotatable bonds is 4. The van der Waals surface area contributed by atoms with Gasteiger partial charge in [0.15, 0.2) is 0 Å². The molecule has 0 aliphatic heterocycles. The standard InChI is InChI=1S/C9H14ClN3O/c1-3-7(5-14)13-9-4-8(10)11-6(2)12-9/h4,7,14H,3,5H2,1-2H3,(H,11,12,13). The van der Waals surface area contributed by atoms with Gasteiger partial charge in [-0.25, -0.2) is 9.97 Å². The quantitative estimate of drug-likeness (QED) is 0.750. The lowest BCUT2D eigenvalue weighted by atomic mass is 10.2. The molecule has 1 rings (SSSR count). The fraction of sp³-hybridized carbons (Fsp3) is 0.556. The van der Waals surface area contributed by atoms with Crippen LogP contribution in [0.1, 0.15) is 19.2 Å². The van der Waals surface area contributed by atoms with Gasteiger partial charge in [-0.1, -0.05) is 18.5 Å². The van der Waals surface area contributed by atoms with Gasteiger partial charge in [0.05, 0.1) is 12.6 Å². The van der Waals surface area contributed by atoms with E-state index in [1.165, 1.54) is 0 Å². The van der Waals surface area contributed by atoms with Crippen LogP contribution in [0.5, 0.6) is 0 Å². The van der Waals surface area contributed by atoms with E-state index in [0.717, 1.165) is 6.42 Å². The summed E-state index contributed by atoms with van der Waals surface area (Å²) in [6, 6.07) is 1.66. The minimum absolute atomic E-state index is 0.0142. The lowest BCUT2D eigenvalue weighted by Gasteiger charge is -2.14. The van der Waals surface area contributed by atoms with E-state index in [1.54, 1.807) is 13.0 Å². The monoisotopic (exact) mass is 215 g/mol. The van der Waals surface area contributed by atoms with Gasteiger partial charge in [0.25, 0.3) is 0 Å². The predicted molar refractivity (Wildman–Crippen MR) is 56.6 cm³/mol. The summed E-state index contributed by atoms with van der Waals surface area (Å²) in [5, 5.41) is 12.5. The second-order valence-corrected chi connectivity index (χ2v) is 3.44. The third-order valence-corrected chi connectivity index (χ3v) is 2.07. The van der Waals surface area contributed by atoms with Crippen LogP contribution in [0.2, 0.25) is 5.15 Å². The Morgan fingerprint density at radius 3 is 2.79 bits per heavy atom. The molecule has 78 valence electrons. The molecule has 0 aliphatic rings. The van der Waals surface area contributed by atoms with Crippen LogP contribution in [-0.2, 0) is 0 Å². The number of aromatic nitrogens is 2. The summed E-state index contributed by atoms with van der Waals surface area (Å²) in [4.78, 5) is 8.10. The van der Waals surface area contributed by atoms with Crippen LogP contribution in [0.3, 0.4) is 0 Å². The predicted octanol–water partition coefficient (Wildman–Crippen LogP) is 1.62. The van der Waals surface area contributed by atoms with Gasteiger partial charge in [0, 0.05) is 6.07 Å².